The number of hydrogen-bond donors (Lipinski definition) is 3. The third-order valence-electron chi connectivity index (χ3n) is 6.94. The van der Waals surface area contributed by atoms with Crippen molar-refractivity contribution in [2.24, 2.45) is 11.3 Å². The third-order valence-corrected chi connectivity index (χ3v) is 8.81. The molecule has 2 unspecified atom stereocenters. The Kier molecular flexibility index (Phi) is 10.8. The molecule has 0 fully saturated rings. The van der Waals surface area contributed by atoms with E-state index in [0.717, 1.165) is 16.7 Å². The van der Waals surface area contributed by atoms with Crippen LogP contribution in [0.15, 0.2) is 78.9 Å². The topological polar surface area (TPSA) is 95.5 Å². The van der Waals surface area contributed by atoms with E-state index >= 15 is 0 Å². The van der Waals surface area contributed by atoms with Gasteiger partial charge >= 0.3 is 0 Å². The SMILES string of the molecule is CNC(=O)[C@@H](NC(=O)C(CCc1ccccc1)CP(=O)(O)Cc1ccc(Cc2ccc(F)cc2)cc1)C(C)(C)C. The van der Waals surface area contributed by atoms with E-state index in [1.807, 2.05) is 75.4 Å². The first kappa shape index (κ1) is 31.3. The van der Waals surface area contributed by atoms with Gasteiger partial charge in [-0.25, -0.2) is 4.39 Å². The van der Waals surface area contributed by atoms with Crippen LogP contribution in [0.1, 0.15) is 49.4 Å². The summed E-state index contributed by atoms with van der Waals surface area (Å²) in [5.41, 5.74) is 3.17. The minimum absolute atomic E-state index is 0.0584. The Morgan fingerprint density at radius 2 is 1.40 bits per heavy atom. The second kappa shape index (κ2) is 13.9. The monoisotopic (exact) mass is 566 g/mol. The lowest BCUT2D eigenvalue weighted by Crippen LogP contribution is -2.54. The Bertz CT molecular complexity index is 1310. The molecular formula is C32H40FN2O4P. The number of hydrogen-bond acceptors (Lipinski definition) is 3. The summed E-state index contributed by atoms with van der Waals surface area (Å²) < 4.78 is 26.6. The molecule has 3 N–H and O–H groups in total. The smallest absolute Gasteiger partial charge is 0.242 e. The zero-order chi connectivity index (χ0) is 29.3. The average Bonchev–Trinajstić information content (AvgIpc) is 2.91. The molecule has 0 saturated heterocycles. The highest BCUT2D eigenvalue weighted by Gasteiger charge is 2.36. The van der Waals surface area contributed by atoms with Crippen molar-refractivity contribution in [2.45, 2.75) is 52.2 Å². The number of rotatable bonds is 12. The van der Waals surface area contributed by atoms with Gasteiger partial charge in [-0.15, -0.1) is 0 Å². The van der Waals surface area contributed by atoms with Gasteiger partial charge in [-0.1, -0.05) is 87.5 Å². The molecule has 3 atom stereocenters. The Labute approximate surface area is 236 Å². The van der Waals surface area contributed by atoms with Crippen LogP contribution >= 0.6 is 7.37 Å². The number of amides is 2. The average molecular weight is 567 g/mol. The molecule has 8 heteroatoms. The molecule has 0 aromatic heterocycles. The molecule has 2 amide bonds. The molecule has 40 heavy (non-hydrogen) atoms. The predicted octanol–water partition coefficient (Wildman–Crippen LogP) is 5.71. The zero-order valence-electron chi connectivity index (χ0n) is 23.7. The largest absolute Gasteiger partial charge is 0.357 e. The van der Waals surface area contributed by atoms with Crippen LogP contribution in [0.5, 0.6) is 0 Å². The molecular weight excluding hydrogens is 526 g/mol. The lowest BCUT2D eigenvalue weighted by molar-refractivity contribution is -0.133. The van der Waals surface area contributed by atoms with E-state index in [0.29, 0.717) is 24.8 Å². The van der Waals surface area contributed by atoms with Crippen LogP contribution < -0.4 is 10.6 Å². The predicted molar refractivity (Wildman–Crippen MR) is 158 cm³/mol. The standard InChI is InChI=1S/C32H40FN2O4P/c1-32(2,3)29(31(37)34-4)35-30(36)27(17-14-23-8-6-5-7-9-23)22-40(38,39)21-26-12-10-24(11-13-26)20-25-15-18-28(33)19-16-25/h5-13,15-16,18-19,27,29H,14,17,20-22H2,1-4H3,(H,34,37)(H,35,36)(H,38,39)/t27?,29-/m1/s1. The molecule has 0 saturated carbocycles. The highest BCUT2D eigenvalue weighted by molar-refractivity contribution is 7.57. The summed E-state index contributed by atoms with van der Waals surface area (Å²) >= 11 is 0. The second-order valence-electron chi connectivity index (χ2n) is 11.4. The van der Waals surface area contributed by atoms with Gasteiger partial charge in [0.05, 0.1) is 0 Å². The number of nitrogens with one attached hydrogen (secondary N) is 2. The molecule has 0 bridgehead atoms. The summed E-state index contributed by atoms with van der Waals surface area (Å²) in [7, 11) is -2.23. The van der Waals surface area contributed by atoms with Gasteiger partial charge in [-0.3, -0.25) is 14.2 Å². The minimum Gasteiger partial charge on any atom is -0.357 e. The van der Waals surface area contributed by atoms with Crippen LogP contribution in [0.4, 0.5) is 4.39 Å². The van der Waals surface area contributed by atoms with Gasteiger partial charge in [0.25, 0.3) is 0 Å². The van der Waals surface area contributed by atoms with Gasteiger partial charge in [0, 0.05) is 25.3 Å². The fourth-order valence-electron chi connectivity index (χ4n) is 4.67. The molecule has 0 aliphatic rings. The van der Waals surface area contributed by atoms with Gasteiger partial charge in [0.2, 0.25) is 19.2 Å². The number of benzene rings is 3. The summed E-state index contributed by atoms with van der Waals surface area (Å²) in [6, 6.07) is 22.7. The second-order valence-corrected chi connectivity index (χ2v) is 13.8. The van der Waals surface area contributed by atoms with Crippen molar-refractivity contribution in [3.63, 3.8) is 0 Å². The molecule has 3 aromatic carbocycles. The third kappa shape index (κ3) is 9.72. The van der Waals surface area contributed by atoms with Crippen LogP contribution in [-0.2, 0) is 33.2 Å². The van der Waals surface area contributed by atoms with Crippen molar-refractivity contribution in [3.8, 4) is 0 Å². The van der Waals surface area contributed by atoms with Crippen LogP contribution in [0.25, 0.3) is 0 Å². The first-order chi connectivity index (χ1) is 18.9. The number of likely N-dealkylation sites (N-methyl/N-ethyl adjacent to an activating group) is 1. The molecule has 0 radical (unpaired) electrons. The van der Waals surface area contributed by atoms with E-state index in [9.17, 15) is 23.4 Å². The van der Waals surface area contributed by atoms with Gasteiger partial charge < -0.3 is 15.5 Å². The number of halogens is 1. The molecule has 0 aliphatic carbocycles. The maximum absolute atomic E-state index is 13.5. The van der Waals surface area contributed by atoms with Crippen molar-refractivity contribution in [3.05, 3.63) is 107 Å². The van der Waals surface area contributed by atoms with Gasteiger partial charge in [-0.05, 0) is 59.1 Å². The van der Waals surface area contributed by atoms with Gasteiger partial charge in [0.15, 0.2) is 0 Å². The summed E-state index contributed by atoms with van der Waals surface area (Å²) in [6.07, 6.45) is 1.32. The maximum Gasteiger partial charge on any atom is 0.242 e. The fraction of sp³-hybridized carbons (Fsp3) is 0.375. The number of aryl methyl sites for hydroxylation is 1. The molecule has 0 heterocycles. The Morgan fingerprint density at radius 3 is 1.95 bits per heavy atom. The first-order valence-electron chi connectivity index (χ1n) is 13.6. The zero-order valence-corrected chi connectivity index (χ0v) is 24.6. The summed E-state index contributed by atoms with van der Waals surface area (Å²) in [4.78, 5) is 37.0. The van der Waals surface area contributed by atoms with E-state index in [2.05, 4.69) is 10.6 Å². The van der Waals surface area contributed by atoms with Crippen LogP contribution in [0, 0.1) is 17.2 Å². The molecule has 6 nitrogen and oxygen atoms in total. The molecule has 3 rings (SSSR count). The van der Waals surface area contributed by atoms with Crippen molar-refractivity contribution in [2.75, 3.05) is 13.2 Å². The van der Waals surface area contributed by atoms with E-state index in [1.165, 1.54) is 19.2 Å². The molecule has 0 aliphatic heterocycles. The highest BCUT2D eigenvalue weighted by atomic mass is 31.2. The normalized spacial score (nSPS) is 14.6. The number of carbonyl (C=O) groups excluding carboxylic acids is 2. The lowest BCUT2D eigenvalue weighted by atomic mass is 9.85. The Morgan fingerprint density at radius 1 is 0.850 bits per heavy atom. The van der Waals surface area contributed by atoms with E-state index < -0.39 is 30.7 Å². The van der Waals surface area contributed by atoms with E-state index in [4.69, 9.17) is 0 Å². The number of carbonyl (C=O) groups is 2. The summed E-state index contributed by atoms with van der Waals surface area (Å²) in [6.45, 7) is 5.59. The Hall–Kier alpha value is -3.28. The molecule has 214 valence electrons. The Balaban J connectivity index is 1.73. The van der Waals surface area contributed by atoms with Crippen molar-refractivity contribution in [1.82, 2.24) is 10.6 Å². The van der Waals surface area contributed by atoms with E-state index in [-0.39, 0.29) is 24.0 Å². The van der Waals surface area contributed by atoms with Crippen molar-refractivity contribution < 1.29 is 23.4 Å². The quantitative estimate of drug-likeness (QED) is 0.245. The van der Waals surface area contributed by atoms with Crippen molar-refractivity contribution >= 4 is 19.2 Å². The highest BCUT2D eigenvalue weighted by Crippen LogP contribution is 2.47. The maximum atomic E-state index is 13.5. The van der Waals surface area contributed by atoms with Gasteiger partial charge in [-0.2, -0.15) is 0 Å². The van der Waals surface area contributed by atoms with Crippen LogP contribution in [0.3, 0.4) is 0 Å². The minimum atomic E-state index is -3.75. The molecule has 3 aromatic rings. The van der Waals surface area contributed by atoms with E-state index in [1.54, 1.807) is 12.1 Å². The van der Waals surface area contributed by atoms with Crippen LogP contribution in [-0.4, -0.2) is 36.0 Å². The fourth-order valence-corrected chi connectivity index (χ4v) is 6.61. The van der Waals surface area contributed by atoms with Gasteiger partial charge in [0.1, 0.15) is 11.9 Å². The summed E-state index contributed by atoms with van der Waals surface area (Å²) in [5.74, 6) is -1.74. The first-order valence-corrected chi connectivity index (χ1v) is 15.6. The summed E-state index contributed by atoms with van der Waals surface area (Å²) in [5, 5.41) is 5.46. The van der Waals surface area contributed by atoms with Crippen molar-refractivity contribution in [1.29, 1.82) is 0 Å². The lowest BCUT2D eigenvalue weighted by Gasteiger charge is -2.31. The molecule has 0 spiro atoms. The van der Waals surface area contributed by atoms with Crippen LogP contribution in [0.2, 0.25) is 0 Å².